The molecule has 1 N–H and O–H groups in total. The molecule has 0 amide bonds. The van der Waals surface area contributed by atoms with Crippen LogP contribution in [-0.2, 0) is 0 Å². The van der Waals surface area contributed by atoms with Crippen LogP contribution in [0.25, 0.3) is 0 Å². The summed E-state index contributed by atoms with van der Waals surface area (Å²) in [7, 11) is 0. The van der Waals surface area contributed by atoms with Gasteiger partial charge in [-0.25, -0.2) is 4.98 Å². The van der Waals surface area contributed by atoms with E-state index in [-0.39, 0.29) is 0 Å². The SMILES string of the molecule is Cc1csc(C(C)NC2C(C)CCCC2C)n1. The minimum absolute atomic E-state index is 0.390. The van der Waals surface area contributed by atoms with E-state index in [1.54, 1.807) is 11.3 Å². The molecule has 1 aromatic heterocycles. The Hall–Kier alpha value is -0.410. The number of rotatable bonds is 3. The summed E-state index contributed by atoms with van der Waals surface area (Å²) < 4.78 is 0. The van der Waals surface area contributed by atoms with Crippen molar-refractivity contribution in [3.8, 4) is 0 Å². The van der Waals surface area contributed by atoms with Crippen molar-refractivity contribution < 1.29 is 0 Å². The monoisotopic (exact) mass is 252 g/mol. The molecule has 0 spiro atoms. The molecule has 0 radical (unpaired) electrons. The fraction of sp³-hybridized carbons (Fsp3) is 0.786. The van der Waals surface area contributed by atoms with E-state index < -0.39 is 0 Å². The number of hydrogen-bond donors (Lipinski definition) is 1. The summed E-state index contributed by atoms with van der Waals surface area (Å²) in [6, 6.07) is 1.05. The first kappa shape index (κ1) is 13.0. The Bertz CT molecular complexity index is 351. The Morgan fingerprint density at radius 1 is 1.35 bits per heavy atom. The molecule has 2 nitrogen and oxygen atoms in total. The van der Waals surface area contributed by atoms with Crippen LogP contribution >= 0.6 is 11.3 Å². The molecule has 2 rings (SSSR count). The first-order chi connectivity index (χ1) is 8.08. The van der Waals surface area contributed by atoms with Gasteiger partial charge in [0.2, 0.25) is 0 Å². The lowest BCUT2D eigenvalue weighted by Gasteiger charge is -2.36. The van der Waals surface area contributed by atoms with Crippen LogP contribution in [0.3, 0.4) is 0 Å². The Kier molecular flexibility index (Phi) is 4.21. The molecule has 1 aliphatic carbocycles. The highest BCUT2D eigenvalue weighted by Gasteiger charge is 2.29. The molecular weight excluding hydrogens is 228 g/mol. The third-order valence-electron chi connectivity index (χ3n) is 3.99. The molecule has 96 valence electrons. The van der Waals surface area contributed by atoms with Gasteiger partial charge < -0.3 is 5.32 Å². The zero-order valence-corrected chi connectivity index (χ0v) is 12.2. The molecular formula is C14H24N2S. The summed E-state index contributed by atoms with van der Waals surface area (Å²) in [5.74, 6) is 1.59. The first-order valence-electron chi connectivity index (χ1n) is 6.76. The number of aromatic nitrogens is 1. The van der Waals surface area contributed by atoms with E-state index in [9.17, 15) is 0 Å². The Labute approximate surface area is 109 Å². The number of nitrogens with one attached hydrogen (secondary N) is 1. The average Bonchev–Trinajstić information content (AvgIpc) is 2.70. The topological polar surface area (TPSA) is 24.9 Å². The summed E-state index contributed by atoms with van der Waals surface area (Å²) in [6.07, 6.45) is 4.13. The largest absolute Gasteiger partial charge is 0.305 e. The van der Waals surface area contributed by atoms with E-state index in [0.717, 1.165) is 17.5 Å². The van der Waals surface area contributed by atoms with E-state index >= 15 is 0 Å². The molecule has 0 bridgehead atoms. The molecule has 1 fully saturated rings. The molecule has 17 heavy (non-hydrogen) atoms. The van der Waals surface area contributed by atoms with Gasteiger partial charge in [-0.2, -0.15) is 0 Å². The Morgan fingerprint density at radius 3 is 2.53 bits per heavy atom. The van der Waals surface area contributed by atoms with Crippen LogP contribution in [0.5, 0.6) is 0 Å². The molecule has 1 aromatic rings. The van der Waals surface area contributed by atoms with Gasteiger partial charge in [-0.05, 0) is 38.5 Å². The summed E-state index contributed by atoms with van der Waals surface area (Å²) in [4.78, 5) is 4.58. The maximum Gasteiger partial charge on any atom is 0.110 e. The van der Waals surface area contributed by atoms with Crippen molar-refractivity contribution in [3.05, 3.63) is 16.1 Å². The van der Waals surface area contributed by atoms with Gasteiger partial charge in [0.15, 0.2) is 0 Å². The van der Waals surface area contributed by atoms with E-state index in [1.165, 1.54) is 24.3 Å². The minimum Gasteiger partial charge on any atom is -0.305 e. The quantitative estimate of drug-likeness (QED) is 0.881. The van der Waals surface area contributed by atoms with Gasteiger partial charge in [0.1, 0.15) is 5.01 Å². The summed E-state index contributed by atoms with van der Waals surface area (Å²) >= 11 is 1.78. The lowest BCUT2D eigenvalue weighted by molar-refractivity contribution is 0.196. The van der Waals surface area contributed by atoms with Crippen LogP contribution < -0.4 is 5.32 Å². The van der Waals surface area contributed by atoms with Crippen molar-refractivity contribution in [2.45, 2.75) is 59.0 Å². The predicted octanol–water partition coefficient (Wildman–Crippen LogP) is 3.93. The summed E-state index contributed by atoms with van der Waals surface area (Å²) in [5, 5.41) is 7.17. The molecule has 3 unspecified atom stereocenters. The normalized spacial score (nSPS) is 31.4. The van der Waals surface area contributed by atoms with Crippen molar-refractivity contribution in [1.82, 2.24) is 10.3 Å². The molecule has 1 aliphatic rings. The first-order valence-corrected chi connectivity index (χ1v) is 7.64. The van der Waals surface area contributed by atoms with E-state index in [0.29, 0.717) is 12.1 Å². The maximum absolute atomic E-state index is 4.58. The van der Waals surface area contributed by atoms with Crippen molar-refractivity contribution in [3.63, 3.8) is 0 Å². The van der Waals surface area contributed by atoms with Crippen LogP contribution in [0.15, 0.2) is 5.38 Å². The van der Waals surface area contributed by atoms with Crippen molar-refractivity contribution in [2.24, 2.45) is 11.8 Å². The van der Waals surface area contributed by atoms with Gasteiger partial charge in [0, 0.05) is 17.1 Å². The molecule has 1 saturated carbocycles. The highest BCUT2D eigenvalue weighted by atomic mass is 32.1. The molecule has 0 aromatic carbocycles. The lowest BCUT2D eigenvalue weighted by atomic mass is 9.78. The van der Waals surface area contributed by atoms with E-state index in [2.05, 4.69) is 43.4 Å². The zero-order chi connectivity index (χ0) is 12.4. The summed E-state index contributed by atoms with van der Waals surface area (Å²) in [5.41, 5.74) is 1.14. The maximum atomic E-state index is 4.58. The minimum atomic E-state index is 0.390. The van der Waals surface area contributed by atoms with Gasteiger partial charge in [-0.3, -0.25) is 0 Å². The number of nitrogens with zero attached hydrogens (tertiary/aromatic N) is 1. The highest BCUT2D eigenvalue weighted by molar-refractivity contribution is 7.09. The smallest absolute Gasteiger partial charge is 0.110 e. The van der Waals surface area contributed by atoms with Gasteiger partial charge >= 0.3 is 0 Å². The van der Waals surface area contributed by atoms with Crippen LogP contribution in [0, 0.1) is 18.8 Å². The molecule has 1 heterocycles. The molecule has 0 saturated heterocycles. The predicted molar refractivity (Wildman–Crippen MR) is 74.4 cm³/mol. The van der Waals surface area contributed by atoms with Gasteiger partial charge in [0.05, 0.1) is 6.04 Å². The van der Waals surface area contributed by atoms with Gasteiger partial charge in [0.25, 0.3) is 0 Å². The number of thiazole rings is 1. The van der Waals surface area contributed by atoms with Crippen LogP contribution in [0.2, 0.25) is 0 Å². The third kappa shape index (κ3) is 3.08. The van der Waals surface area contributed by atoms with E-state index in [4.69, 9.17) is 0 Å². The Balaban J connectivity index is 1.99. The van der Waals surface area contributed by atoms with Gasteiger partial charge in [-0.15, -0.1) is 11.3 Å². The molecule has 3 atom stereocenters. The van der Waals surface area contributed by atoms with Crippen LogP contribution in [0.1, 0.15) is 56.8 Å². The molecule has 3 heteroatoms. The van der Waals surface area contributed by atoms with Crippen LogP contribution in [-0.4, -0.2) is 11.0 Å². The fourth-order valence-electron chi connectivity index (χ4n) is 2.94. The molecule has 0 aliphatic heterocycles. The highest BCUT2D eigenvalue weighted by Crippen LogP contribution is 2.31. The zero-order valence-electron chi connectivity index (χ0n) is 11.4. The van der Waals surface area contributed by atoms with E-state index in [1.807, 2.05) is 0 Å². The van der Waals surface area contributed by atoms with Crippen molar-refractivity contribution in [1.29, 1.82) is 0 Å². The average molecular weight is 252 g/mol. The fourth-order valence-corrected chi connectivity index (χ4v) is 3.75. The van der Waals surface area contributed by atoms with Gasteiger partial charge in [-0.1, -0.05) is 20.3 Å². The second-order valence-electron chi connectivity index (χ2n) is 5.63. The third-order valence-corrected chi connectivity index (χ3v) is 5.14. The number of hydrogen-bond acceptors (Lipinski definition) is 3. The lowest BCUT2D eigenvalue weighted by Crippen LogP contribution is -2.43. The Morgan fingerprint density at radius 2 is 2.00 bits per heavy atom. The van der Waals surface area contributed by atoms with Crippen molar-refractivity contribution >= 4 is 11.3 Å². The van der Waals surface area contributed by atoms with Crippen LogP contribution in [0.4, 0.5) is 0 Å². The second-order valence-corrected chi connectivity index (χ2v) is 6.52. The second kappa shape index (κ2) is 5.49. The number of aryl methyl sites for hydroxylation is 1. The summed E-state index contributed by atoms with van der Waals surface area (Å²) in [6.45, 7) is 9.07. The standard InChI is InChI=1S/C14H24N2S/c1-9-6-5-7-10(2)13(9)16-12(4)14-15-11(3)8-17-14/h8-10,12-13,16H,5-7H2,1-4H3. The van der Waals surface area contributed by atoms with Crippen molar-refractivity contribution in [2.75, 3.05) is 0 Å².